The molecule has 0 aromatic carbocycles. The fourth-order valence-corrected chi connectivity index (χ4v) is 0.957. The second-order valence-electron chi connectivity index (χ2n) is 3.84. The van der Waals surface area contributed by atoms with Gasteiger partial charge >= 0.3 is 12.3 Å². The molecule has 1 heterocycles. The van der Waals surface area contributed by atoms with Crippen molar-refractivity contribution in [1.29, 1.82) is 26.3 Å². The zero-order valence-electron chi connectivity index (χ0n) is 11.0. The predicted molar refractivity (Wildman–Crippen MR) is 70.2 cm³/mol. The molecule has 8 heteroatoms. The highest BCUT2D eigenvalue weighted by atomic mass is 15.1. The third-order valence-electron chi connectivity index (χ3n) is 2.22. The highest BCUT2D eigenvalue weighted by Crippen LogP contribution is 2.05. The summed E-state index contributed by atoms with van der Waals surface area (Å²) in [4.78, 5) is 1.99. The number of hydrogen-bond acceptors (Lipinski definition) is 6. The van der Waals surface area contributed by atoms with E-state index < -0.39 is 6.15 Å². The molecule has 7 nitrogen and oxygen atoms in total. The summed E-state index contributed by atoms with van der Waals surface area (Å²) >= 11 is 0. The predicted octanol–water partition coefficient (Wildman–Crippen LogP) is 0.0556. The number of hydrogen-bond donors (Lipinski definition) is 0. The molecule has 20 heavy (non-hydrogen) atoms. The lowest BCUT2D eigenvalue weighted by molar-refractivity contribution is -0.586. The van der Waals surface area contributed by atoms with Crippen molar-refractivity contribution >= 4 is 11.8 Å². The number of anilines is 1. The van der Waals surface area contributed by atoms with Crippen molar-refractivity contribution in [3.8, 4) is 30.1 Å². The molecule has 0 spiro atoms. The van der Waals surface area contributed by atoms with Gasteiger partial charge in [0.2, 0.25) is 0 Å². The molecule has 0 bridgehead atoms. The zero-order chi connectivity index (χ0) is 15.6. The Labute approximate surface area is 117 Å². The second kappa shape index (κ2) is 7.73. The first-order chi connectivity index (χ1) is 9.48. The summed E-state index contributed by atoms with van der Waals surface area (Å²) in [5, 5.41) is 40.8. The van der Waals surface area contributed by atoms with Crippen molar-refractivity contribution in [2.24, 2.45) is 0 Å². The average molecular weight is 263 g/mol. The Morgan fingerprint density at radius 2 is 1.30 bits per heavy atom. The molecule has 0 N–H and O–H groups in total. The third-order valence-corrected chi connectivity index (χ3v) is 2.22. The molecule has 0 saturated carbocycles. The summed E-state index contributed by atoms with van der Waals surface area (Å²) in [5.74, 6) is 5.38. The zero-order valence-corrected chi connectivity index (χ0v) is 11.0. The van der Waals surface area contributed by atoms with Crippen LogP contribution in [-0.2, 0) is 0 Å². The van der Waals surface area contributed by atoms with Crippen LogP contribution in [0.25, 0.3) is 0 Å². The van der Waals surface area contributed by atoms with Crippen LogP contribution < -0.4 is 9.47 Å². The first-order valence-electron chi connectivity index (χ1n) is 5.37. The van der Waals surface area contributed by atoms with E-state index in [9.17, 15) is 0 Å². The molecule has 1 aromatic rings. The van der Waals surface area contributed by atoms with Crippen LogP contribution in [-0.4, -0.2) is 20.2 Å². The van der Waals surface area contributed by atoms with Crippen molar-refractivity contribution < 1.29 is 4.57 Å². The van der Waals surface area contributed by atoms with Crippen molar-refractivity contribution in [2.75, 3.05) is 19.0 Å². The standard InChI is InChI=1S/C8H10N3.C4BN4/c1-10(2)8-3-5-11(7-9)6-4-8;6-1-5(2-7,3-8)4-9/h3-6H,1-2H3;/q+1;-1. The van der Waals surface area contributed by atoms with E-state index >= 15 is 0 Å². The van der Waals surface area contributed by atoms with Gasteiger partial charge in [-0.1, -0.05) is 0 Å². The molecule has 0 unspecified atom stereocenters. The number of rotatable bonds is 1. The van der Waals surface area contributed by atoms with Crippen molar-refractivity contribution in [1.82, 2.24) is 0 Å². The number of aromatic nitrogens is 1. The minimum Gasteiger partial charge on any atom is -0.377 e. The Morgan fingerprint density at radius 1 is 0.900 bits per heavy atom. The molecule has 0 fully saturated rings. The van der Waals surface area contributed by atoms with Crippen LogP contribution in [0.1, 0.15) is 0 Å². The van der Waals surface area contributed by atoms with Crippen molar-refractivity contribution in [2.45, 2.75) is 0 Å². The normalized spacial score (nSPS) is 8.25. The van der Waals surface area contributed by atoms with Crippen LogP contribution >= 0.6 is 0 Å². The number of nitriles is 5. The quantitative estimate of drug-likeness (QED) is 0.520. The van der Waals surface area contributed by atoms with Crippen molar-refractivity contribution in [3.63, 3.8) is 0 Å². The second-order valence-corrected chi connectivity index (χ2v) is 3.84. The van der Waals surface area contributed by atoms with Crippen LogP contribution in [0.4, 0.5) is 5.69 Å². The lowest BCUT2D eigenvalue weighted by Crippen LogP contribution is -2.26. The fraction of sp³-hybridized carbons (Fsp3) is 0.167. The molecule has 0 saturated heterocycles. The molecule has 0 aliphatic heterocycles. The van der Waals surface area contributed by atoms with Gasteiger partial charge in [-0.3, -0.25) is 0 Å². The van der Waals surface area contributed by atoms with Gasteiger partial charge in [-0.15, -0.1) is 28.4 Å². The van der Waals surface area contributed by atoms with E-state index in [0.717, 1.165) is 5.69 Å². The van der Waals surface area contributed by atoms with E-state index in [-0.39, 0.29) is 0 Å². The van der Waals surface area contributed by atoms with E-state index in [2.05, 4.69) is 0 Å². The molecule has 0 radical (unpaired) electrons. The van der Waals surface area contributed by atoms with Gasteiger partial charge in [0.1, 0.15) is 12.4 Å². The van der Waals surface area contributed by atoms with Gasteiger partial charge < -0.3 is 4.90 Å². The molecular weight excluding hydrogens is 253 g/mol. The maximum atomic E-state index is 8.47. The Bertz CT molecular complexity index is 597. The maximum Gasteiger partial charge on any atom is 0.463 e. The van der Waals surface area contributed by atoms with Gasteiger partial charge in [0.15, 0.2) is 5.26 Å². The first kappa shape index (κ1) is 16.5. The van der Waals surface area contributed by atoms with Crippen molar-refractivity contribution in [3.05, 3.63) is 24.5 Å². The highest BCUT2D eigenvalue weighted by Gasteiger charge is 2.22. The summed E-state index contributed by atoms with van der Waals surface area (Å²) < 4.78 is 1.45. The van der Waals surface area contributed by atoms with Crippen LogP contribution in [0.3, 0.4) is 0 Å². The van der Waals surface area contributed by atoms with Gasteiger partial charge in [-0.05, 0) is 0 Å². The summed E-state index contributed by atoms with van der Waals surface area (Å²) in [5.41, 5.74) is 1.09. The summed E-state index contributed by atoms with van der Waals surface area (Å²) in [6, 6.07) is 3.78. The van der Waals surface area contributed by atoms with Gasteiger partial charge in [0.05, 0.1) is 0 Å². The van der Waals surface area contributed by atoms with E-state index in [1.54, 1.807) is 12.4 Å². The molecule has 0 aliphatic carbocycles. The Hall–Kier alpha value is -3.54. The van der Waals surface area contributed by atoms with E-state index in [4.69, 9.17) is 26.3 Å². The molecule has 0 atom stereocenters. The minimum absolute atomic E-state index is 1.09. The van der Waals surface area contributed by atoms with E-state index in [0.29, 0.717) is 0 Å². The highest BCUT2D eigenvalue weighted by molar-refractivity contribution is 7.05. The number of nitrogens with zero attached hydrogens (tertiary/aromatic N) is 7. The van der Waals surface area contributed by atoms with Crippen LogP contribution in [0.15, 0.2) is 24.5 Å². The summed E-state index contributed by atoms with van der Waals surface area (Å²) in [6.07, 6.45) is 2.73. The van der Waals surface area contributed by atoms with E-state index in [1.165, 1.54) is 28.4 Å². The van der Waals surface area contributed by atoms with Crippen LogP contribution in [0.2, 0.25) is 0 Å². The fourth-order valence-electron chi connectivity index (χ4n) is 0.957. The lowest BCUT2D eigenvalue weighted by Gasteiger charge is -2.09. The lowest BCUT2D eigenvalue weighted by atomic mass is 9.30. The van der Waals surface area contributed by atoms with Crippen LogP contribution in [0.5, 0.6) is 0 Å². The Balaban J connectivity index is 0.000000370. The van der Waals surface area contributed by atoms with Crippen LogP contribution in [0, 0.1) is 56.4 Å². The average Bonchev–Trinajstić information content (AvgIpc) is 2.51. The largest absolute Gasteiger partial charge is 0.463 e. The minimum atomic E-state index is -2.72. The molecule has 1 rings (SSSR count). The topological polar surface area (TPSA) is 126 Å². The van der Waals surface area contributed by atoms with Gasteiger partial charge in [0.25, 0.3) is 0 Å². The molecular formula is C12H10BN7. The van der Waals surface area contributed by atoms with Gasteiger partial charge in [0, 0.05) is 31.9 Å². The smallest absolute Gasteiger partial charge is 0.377 e. The Kier molecular flexibility index (Phi) is 6.36. The van der Waals surface area contributed by atoms with E-state index in [1.807, 2.05) is 37.3 Å². The van der Waals surface area contributed by atoms with Gasteiger partial charge in [-0.25, -0.2) is 21.0 Å². The maximum absolute atomic E-state index is 8.47. The molecule has 0 aliphatic rings. The summed E-state index contributed by atoms with van der Waals surface area (Å²) in [6.45, 7) is 0. The Morgan fingerprint density at radius 3 is 1.50 bits per heavy atom. The molecule has 96 valence electrons. The molecule has 0 amide bonds. The SMILES string of the molecule is CN(C)c1cc[n+](C#N)cc1.N#C[B-](C#N)(C#N)C#N. The third kappa shape index (κ3) is 4.38. The summed E-state index contributed by atoms with van der Waals surface area (Å²) in [7, 11) is 3.93. The van der Waals surface area contributed by atoms with Gasteiger partial charge in [-0.2, -0.15) is 0 Å². The first-order valence-corrected chi connectivity index (χ1v) is 5.37. The molecule has 1 aromatic heterocycles. The monoisotopic (exact) mass is 263 g/mol. The number of pyridine rings is 1.